The average Bonchev–Trinajstić information content (AvgIpc) is 2.28. The van der Waals surface area contributed by atoms with Gasteiger partial charge in [-0.3, -0.25) is 9.59 Å². The standard InChI is InChI=1S/C12H12FNO3/c1-2-7-14(8-11(15)16)12(17)9-5-3-4-6-10(9)13/h2-6H,1,7-8H2,(H,15,16). The second-order valence-electron chi connectivity index (χ2n) is 3.35. The number of hydrogen-bond donors (Lipinski definition) is 1. The molecule has 1 aromatic carbocycles. The van der Waals surface area contributed by atoms with E-state index in [1.54, 1.807) is 0 Å². The quantitative estimate of drug-likeness (QED) is 0.790. The van der Waals surface area contributed by atoms with E-state index in [1.807, 2.05) is 0 Å². The van der Waals surface area contributed by atoms with Crippen LogP contribution < -0.4 is 0 Å². The minimum absolute atomic E-state index is 0.0550. The van der Waals surface area contributed by atoms with Crippen molar-refractivity contribution < 1.29 is 19.1 Å². The Morgan fingerprint density at radius 2 is 2.06 bits per heavy atom. The van der Waals surface area contributed by atoms with E-state index in [-0.39, 0.29) is 12.1 Å². The SMILES string of the molecule is C=CCN(CC(=O)O)C(=O)c1ccccc1F. The van der Waals surface area contributed by atoms with Crippen LogP contribution in [0, 0.1) is 5.82 Å². The largest absolute Gasteiger partial charge is 0.480 e. The molecule has 0 bridgehead atoms. The molecule has 1 amide bonds. The second-order valence-corrected chi connectivity index (χ2v) is 3.35. The van der Waals surface area contributed by atoms with E-state index < -0.39 is 24.2 Å². The Bertz CT molecular complexity index is 445. The lowest BCUT2D eigenvalue weighted by molar-refractivity contribution is -0.137. The van der Waals surface area contributed by atoms with Gasteiger partial charge in [-0.25, -0.2) is 4.39 Å². The number of nitrogens with zero attached hydrogens (tertiary/aromatic N) is 1. The maximum Gasteiger partial charge on any atom is 0.323 e. The summed E-state index contributed by atoms with van der Waals surface area (Å²) >= 11 is 0. The highest BCUT2D eigenvalue weighted by Gasteiger charge is 2.19. The first-order valence-electron chi connectivity index (χ1n) is 4.92. The Balaban J connectivity index is 2.95. The molecule has 0 atom stereocenters. The molecule has 0 unspecified atom stereocenters. The maximum atomic E-state index is 13.4. The number of amides is 1. The molecule has 90 valence electrons. The van der Waals surface area contributed by atoms with E-state index in [1.165, 1.54) is 24.3 Å². The third kappa shape index (κ3) is 3.41. The minimum atomic E-state index is -1.16. The summed E-state index contributed by atoms with van der Waals surface area (Å²) in [4.78, 5) is 23.5. The molecule has 0 saturated carbocycles. The van der Waals surface area contributed by atoms with E-state index in [4.69, 9.17) is 5.11 Å². The molecule has 0 aliphatic rings. The maximum absolute atomic E-state index is 13.4. The number of hydrogen-bond acceptors (Lipinski definition) is 2. The van der Waals surface area contributed by atoms with Crippen molar-refractivity contribution >= 4 is 11.9 Å². The Morgan fingerprint density at radius 3 is 2.59 bits per heavy atom. The lowest BCUT2D eigenvalue weighted by atomic mass is 10.2. The third-order valence-electron chi connectivity index (χ3n) is 2.07. The molecule has 0 spiro atoms. The lowest BCUT2D eigenvalue weighted by Gasteiger charge is -2.18. The van der Waals surface area contributed by atoms with Crippen LogP contribution in [0.2, 0.25) is 0 Å². The van der Waals surface area contributed by atoms with Gasteiger partial charge in [-0.05, 0) is 12.1 Å². The fourth-order valence-electron chi connectivity index (χ4n) is 1.34. The van der Waals surface area contributed by atoms with Gasteiger partial charge in [-0.2, -0.15) is 0 Å². The second kappa shape index (κ2) is 5.79. The summed E-state index contributed by atoms with van der Waals surface area (Å²) in [5.41, 5.74) is -0.143. The van der Waals surface area contributed by atoms with Gasteiger partial charge in [-0.15, -0.1) is 6.58 Å². The normalized spacial score (nSPS) is 9.71. The highest BCUT2D eigenvalue weighted by atomic mass is 19.1. The van der Waals surface area contributed by atoms with E-state index in [2.05, 4.69) is 6.58 Å². The van der Waals surface area contributed by atoms with Crippen LogP contribution in [0.4, 0.5) is 4.39 Å². The number of carbonyl (C=O) groups is 2. The summed E-state index contributed by atoms with van der Waals surface area (Å²) < 4.78 is 13.4. The van der Waals surface area contributed by atoms with Crippen molar-refractivity contribution in [2.45, 2.75) is 0 Å². The topological polar surface area (TPSA) is 57.6 Å². The molecular weight excluding hydrogens is 225 g/mol. The van der Waals surface area contributed by atoms with Gasteiger partial charge in [0.15, 0.2) is 0 Å². The molecule has 0 aliphatic carbocycles. The average molecular weight is 237 g/mol. The van der Waals surface area contributed by atoms with Crippen molar-refractivity contribution in [3.05, 3.63) is 48.3 Å². The molecule has 1 rings (SSSR count). The number of halogens is 1. The third-order valence-corrected chi connectivity index (χ3v) is 2.07. The molecule has 17 heavy (non-hydrogen) atoms. The van der Waals surface area contributed by atoms with Crippen LogP contribution in [0.5, 0.6) is 0 Å². The van der Waals surface area contributed by atoms with Crippen molar-refractivity contribution in [3.63, 3.8) is 0 Å². The van der Waals surface area contributed by atoms with Gasteiger partial charge < -0.3 is 10.0 Å². The number of aliphatic carboxylic acids is 1. The Labute approximate surface area is 98.0 Å². The van der Waals surface area contributed by atoms with Crippen LogP contribution in [-0.2, 0) is 4.79 Å². The first-order valence-corrected chi connectivity index (χ1v) is 4.92. The van der Waals surface area contributed by atoms with Gasteiger partial charge in [0.05, 0.1) is 5.56 Å². The molecule has 5 heteroatoms. The van der Waals surface area contributed by atoms with Crippen molar-refractivity contribution in [2.24, 2.45) is 0 Å². The van der Waals surface area contributed by atoms with Crippen molar-refractivity contribution in [1.29, 1.82) is 0 Å². The summed E-state index contributed by atoms with van der Waals surface area (Å²) in [6.07, 6.45) is 1.39. The zero-order valence-electron chi connectivity index (χ0n) is 9.10. The monoisotopic (exact) mass is 237 g/mol. The number of carboxylic acids is 1. The first kappa shape index (κ1) is 12.9. The molecule has 0 saturated heterocycles. The van der Waals surface area contributed by atoms with Gasteiger partial charge in [0.1, 0.15) is 12.4 Å². The van der Waals surface area contributed by atoms with Gasteiger partial charge in [0.25, 0.3) is 5.91 Å². The van der Waals surface area contributed by atoms with Crippen molar-refractivity contribution in [1.82, 2.24) is 4.90 Å². The molecule has 1 N–H and O–H groups in total. The number of rotatable bonds is 5. The van der Waals surface area contributed by atoms with Gasteiger partial charge >= 0.3 is 5.97 Å². The summed E-state index contributed by atoms with van der Waals surface area (Å²) in [7, 11) is 0. The van der Waals surface area contributed by atoms with Crippen LogP contribution in [0.15, 0.2) is 36.9 Å². The zero-order valence-corrected chi connectivity index (χ0v) is 9.10. The van der Waals surface area contributed by atoms with Gasteiger partial charge in [0, 0.05) is 6.54 Å². The van der Waals surface area contributed by atoms with E-state index >= 15 is 0 Å². The van der Waals surface area contributed by atoms with E-state index in [0.717, 1.165) is 11.0 Å². The fourth-order valence-corrected chi connectivity index (χ4v) is 1.34. The lowest BCUT2D eigenvalue weighted by Crippen LogP contribution is -2.36. The molecule has 1 aromatic rings. The predicted molar refractivity (Wildman–Crippen MR) is 60.1 cm³/mol. The highest BCUT2D eigenvalue weighted by Crippen LogP contribution is 2.10. The zero-order chi connectivity index (χ0) is 12.8. The van der Waals surface area contributed by atoms with Crippen LogP contribution in [0.3, 0.4) is 0 Å². The minimum Gasteiger partial charge on any atom is -0.480 e. The van der Waals surface area contributed by atoms with Crippen molar-refractivity contribution in [2.75, 3.05) is 13.1 Å². The number of carbonyl (C=O) groups excluding carboxylic acids is 1. The molecule has 0 fully saturated rings. The Hall–Kier alpha value is -2.17. The smallest absolute Gasteiger partial charge is 0.323 e. The van der Waals surface area contributed by atoms with Crippen LogP contribution in [-0.4, -0.2) is 35.0 Å². The van der Waals surface area contributed by atoms with Crippen LogP contribution >= 0.6 is 0 Å². The van der Waals surface area contributed by atoms with E-state index in [9.17, 15) is 14.0 Å². The molecular formula is C12H12FNO3. The van der Waals surface area contributed by atoms with Crippen LogP contribution in [0.25, 0.3) is 0 Å². The Kier molecular flexibility index (Phi) is 4.39. The molecule has 0 aromatic heterocycles. The molecule has 4 nitrogen and oxygen atoms in total. The number of carboxylic acid groups (broad SMARTS) is 1. The highest BCUT2D eigenvalue weighted by molar-refractivity contribution is 5.96. The summed E-state index contributed by atoms with van der Waals surface area (Å²) in [6.45, 7) is 2.99. The summed E-state index contributed by atoms with van der Waals surface area (Å²) in [6, 6.07) is 5.44. The fraction of sp³-hybridized carbons (Fsp3) is 0.167. The molecule has 0 heterocycles. The van der Waals surface area contributed by atoms with E-state index in [0.29, 0.717) is 0 Å². The summed E-state index contributed by atoms with van der Waals surface area (Å²) in [5, 5.41) is 8.65. The van der Waals surface area contributed by atoms with Gasteiger partial charge in [-0.1, -0.05) is 18.2 Å². The predicted octanol–water partition coefficient (Wildman–Crippen LogP) is 1.54. The molecule has 0 aliphatic heterocycles. The molecule has 0 radical (unpaired) electrons. The van der Waals surface area contributed by atoms with Crippen LogP contribution in [0.1, 0.15) is 10.4 Å². The van der Waals surface area contributed by atoms with Gasteiger partial charge in [0.2, 0.25) is 0 Å². The number of benzene rings is 1. The first-order chi connectivity index (χ1) is 8.06. The Morgan fingerprint density at radius 1 is 1.41 bits per heavy atom. The summed E-state index contributed by atoms with van der Waals surface area (Å²) in [5.74, 6) is -2.49. The van der Waals surface area contributed by atoms with Crippen molar-refractivity contribution in [3.8, 4) is 0 Å².